The molecule has 1 heteroatoms. The minimum atomic E-state index is 0. The van der Waals surface area contributed by atoms with Gasteiger partial charge in [0.15, 0.2) is 0 Å². The summed E-state index contributed by atoms with van der Waals surface area (Å²) in [4.78, 5) is 0. The molecule has 0 aromatic heterocycles. The topological polar surface area (TPSA) is 0 Å². The van der Waals surface area contributed by atoms with Crippen LogP contribution >= 0.6 is 0 Å². The van der Waals surface area contributed by atoms with Gasteiger partial charge in [-0.25, -0.2) is 0 Å². The maximum Gasteiger partial charge on any atom is 4.00 e. The summed E-state index contributed by atoms with van der Waals surface area (Å²) in [5.74, 6) is 7.34. The largest absolute Gasteiger partial charge is 4.00 e. The Hall–Kier alpha value is -2.02. The summed E-state index contributed by atoms with van der Waals surface area (Å²) in [6.07, 6.45) is 0. The van der Waals surface area contributed by atoms with Crippen LogP contribution in [-0.4, -0.2) is 0 Å². The molecule has 0 atom stereocenters. The first-order valence-electron chi connectivity index (χ1n) is 10.5. The zero-order valence-corrected chi connectivity index (χ0v) is 21.8. The molecule has 0 aliphatic heterocycles. The number of rotatable bonds is 0. The second kappa shape index (κ2) is 16.6. The predicted octanol–water partition coefficient (Wildman–Crippen LogP) is 8.58. The summed E-state index contributed by atoms with van der Waals surface area (Å²) >= 11 is 0. The first-order chi connectivity index (χ1) is 14.7. The first-order valence-corrected chi connectivity index (χ1v) is 10.5. The molecule has 1 aliphatic carbocycles. The minimum Gasteiger partial charge on any atom is -0.199 e. The van der Waals surface area contributed by atoms with E-state index in [0.717, 1.165) is 16.7 Å². The maximum atomic E-state index is 3.72. The Balaban J connectivity index is 0.000000401. The SMILES string of the molecule is C[C]1[C](C)[C](C)[C](C)[C]1C.[CH2-]c1ccccc1.[CH2-]c1ccccc1.[CH2-]c1ccccc1.[Ti+4]. The van der Waals surface area contributed by atoms with Crippen molar-refractivity contribution in [1.82, 2.24) is 0 Å². The van der Waals surface area contributed by atoms with Crippen molar-refractivity contribution in [1.29, 1.82) is 0 Å². The Kier molecular flexibility index (Phi) is 15.5. The van der Waals surface area contributed by atoms with Crippen LogP contribution in [0.15, 0.2) is 91.0 Å². The van der Waals surface area contributed by atoms with Gasteiger partial charge in [0.1, 0.15) is 0 Å². The van der Waals surface area contributed by atoms with Gasteiger partial charge in [-0.2, -0.15) is 73.9 Å². The molecule has 1 saturated carbocycles. The molecule has 5 radical (unpaired) electrons. The van der Waals surface area contributed by atoms with Crippen molar-refractivity contribution in [3.05, 3.63) is 158 Å². The zero-order valence-electron chi connectivity index (χ0n) is 20.3. The number of hydrogen-bond acceptors (Lipinski definition) is 0. The standard InChI is InChI=1S/C10H15.3C7H7.Ti/c1-6-7(2)9(4)10(5)8(6)3;3*1-7-5-3-2-4-6-7;/h1-5H3;3*2-6H,1H2;/q;3*-1;+4. The Morgan fingerprint density at radius 2 is 0.500 bits per heavy atom. The molecule has 0 heterocycles. The molecule has 0 spiro atoms. The van der Waals surface area contributed by atoms with Crippen LogP contribution in [0.1, 0.15) is 51.3 Å². The average molecular weight is 456 g/mol. The molecule has 1 fully saturated rings. The summed E-state index contributed by atoms with van der Waals surface area (Å²) in [5.41, 5.74) is 3.22. The van der Waals surface area contributed by atoms with Crippen molar-refractivity contribution < 1.29 is 21.7 Å². The van der Waals surface area contributed by atoms with Gasteiger partial charge in [0, 0.05) is 0 Å². The monoisotopic (exact) mass is 456 g/mol. The molecule has 0 bridgehead atoms. The van der Waals surface area contributed by atoms with Crippen molar-refractivity contribution in [2.24, 2.45) is 0 Å². The van der Waals surface area contributed by atoms with E-state index in [1.54, 1.807) is 0 Å². The van der Waals surface area contributed by atoms with Gasteiger partial charge in [-0.1, -0.05) is 52.8 Å². The molecule has 0 nitrogen and oxygen atoms in total. The second-order valence-corrected chi connectivity index (χ2v) is 7.58. The third kappa shape index (κ3) is 11.6. The molecule has 0 unspecified atom stereocenters. The smallest absolute Gasteiger partial charge is 0.199 e. The summed E-state index contributed by atoms with van der Waals surface area (Å²) in [7, 11) is 0. The third-order valence-electron chi connectivity index (χ3n) is 5.34. The minimum absolute atomic E-state index is 0. The summed E-state index contributed by atoms with van der Waals surface area (Å²) in [6.45, 7) is 22.2. The van der Waals surface area contributed by atoms with E-state index < -0.39 is 0 Å². The van der Waals surface area contributed by atoms with E-state index in [0.29, 0.717) is 0 Å². The second-order valence-electron chi connectivity index (χ2n) is 7.58. The van der Waals surface area contributed by atoms with Crippen molar-refractivity contribution >= 4 is 0 Å². The quantitative estimate of drug-likeness (QED) is 0.235. The molecular formula is C31H36Ti+. The van der Waals surface area contributed by atoms with Gasteiger partial charge in [-0.15, -0.1) is 36.4 Å². The normalized spacial score (nSPS) is 14.5. The van der Waals surface area contributed by atoms with E-state index in [1.165, 1.54) is 29.6 Å². The van der Waals surface area contributed by atoms with E-state index in [9.17, 15) is 0 Å². The Labute approximate surface area is 213 Å². The van der Waals surface area contributed by atoms with Crippen LogP contribution in [0.25, 0.3) is 0 Å². The molecule has 3 aromatic carbocycles. The fraction of sp³-hybridized carbons (Fsp3) is 0.161. The van der Waals surface area contributed by atoms with E-state index in [4.69, 9.17) is 0 Å². The molecule has 163 valence electrons. The van der Waals surface area contributed by atoms with Gasteiger partial charge in [0.05, 0.1) is 0 Å². The molecular weight excluding hydrogens is 420 g/mol. The molecule has 0 saturated heterocycles. The van der Waals surface area contributed by atoms with E-state index in [2.05, 4.69) is 55.4 Å². The number of benzene rings is 3. The van der Waals surface area contributed by atoms with E-state index >= 15 is 0 Å². The van der Waals surface area contributed by atoms with Crippen LogP contribution in [0, 0.1) is 50.4 Å². The van der Waals surface area contributed by atoms with Crippen molar-refractivity contribution in [2.45, 2.75) is 34.6 Å². The Morgan fingerprint density at radius 3 is 0.594 bits per heavy atom. The third-order valence-corrected chi connectivity index (χ3v) is 5.34. The van der Waals surface area contributed by atoms with E-state index in [-0.39, 0.29) is 21.7 Å². The maximum absolute atomic E-state index is 3.72. The summed E-state index contributed by atoms with van der Waals surface area (Å²) in [5, 5.41) is 0. The summed E-state index contributed by atoms with van der Waals surface area (Å²) < 4.78 is 0. The molecule has 1 aliphatic rings. The summed E-state index contributed by atoms with van der Waals surface area (Å²) in [6, 6.07) is 29.6. The van der Waals surface area contributed by atoms with Crippen LogP contribution < -0.4 is 0 Å². The van der Waals surface area contributed by atoms with Gasteiger partial charge in [-0.3, -0.25) is 0 Å². The fourth-order valence-electron chi connectivity index (χ4n) is 2.84. The van der Waals surface area contributed by atoms with Gasteiger partial charge in [0.2, 0.25) is 0 Å². The number of hydrogen-bond donors (Lipinski definition) is 0. The van der Waals surface area contributed by atoms with Crippen molar-refractivity contribution in [3.63, 3.8) is 0 Å². The van der Waals surface area contributed by atoms with Crippen LogP contribution in [0.3, 0.4) is 0 Å². The van der Waals surface area contributed by atoms with Crippen LogP contribution in [0.5, 0.6) is 0 Å². The van der Waals surface area contributed by atoms with E-state index in [1.807, 2.05) is 91.0 Å². The molecule has 3 aromatic rings. The molecule has 4 rings (SSSR count). The van der Waals surface area contributed by atoms with Crippen LogP contribution in [0.4, 0.5) is 0 Å². The predicted molar refractivity (Wildman–Crippen MR) is 137 cm³/mol. The Morgan fingerprint density at radius 1 is 0.344 bits per heavy atom. The van der Waals surface area contributed by atoms with Crippen molar-refractivity contribution in [3.8, 4) is 0 Å². The van der Waals surface area contributed by atoms with Gasteiger partial charge >= 0.3 is 21.7 Å². The van der Waals surface area contributed by atoms with Gasteiger partial charge < -0.3 is 0 Å². The van der Waals surface area contributed by atoms with Gasteiger partial charge in [0.25, 0.3) is 0 Å². The molecule has 0 N–H and O–H groups in total. The first kappa shape index (κ1) is 30.0. The molecule has 32 heavy (non-hydrogen) atoms. The van der Waals surface area contributed by atoms with Gasteiger partial charge in [-0.05, 0) is 29.6 Å². The van der Waals surface area contributed by atoms with Crippen LogP contribution in [0.2, 0.25) is 0 Å². The average Bonchev–Trinajstić information content (AvgIpc) is 2.94. The van der Waals surface area contributed by atoms with Crippen molar-refractivity contribution in [2.75, 3.05) is 0 Å². The zero-order chi connectivity index (χ0) is 23.2. The van der Waals surface area contributed by atoms with Crippen LogP contribution in [-0.2, 0) is 21.7 Å². The molecule has 0 amide bonds. The fourth-order valence-corrected chi connectivity index (χ4v) is 2.84. The Bertz CT molecular complexity index is 664.